The molecule has 0 aromatic carbocycles. The molecule has 0 fully saturated rings. The van der Waals surface area contributed by atoms with E-state index in [0.717, 1.165) is 29.2 Å². The molecule has 3 rings (SSSR count). The van der Waals surface area contributed by atoms with Crippen LogP contribution in [0.3, 0.4) is 0 Å². The highest BCUT2D eigenvalue weighted by Gasteiger charge is 2.15. The molecule has 7 heteroatoms. The largest absolute Gasteiger partial charge is 0.309 e. The standard InChI is InChI=1S/C14H14N4O2S/c19-13(16-12-3-1-2-5-15-12)8-18-14(20)7-10-9-21-6-4-11(10)17-18/h1-3,5,7H,4,6,8-9H2,(H,15,16,19). The summed E-state index contributed by atoms with van der Waals surface area (Å²) in [6.07, 6.45) is 2.43. The Balaban J connectivity index is 1.75. The number of aromatic nitrogens is 3. The second-order valence-corrected chi connectivity index (χ2v) is 5.78. The summed E-state index contributed by atoms with van der Waals surface area (Å²) in [6, 6.07) is 6.83. The first-order valence-electron chi connectivity index (χ1n) is 6.61. The molecule has 0 bridgehead atoms. The van der Waals surface area contributed by atoms with Gasteiger partial charge in [-0.15, -0.1) is 0 Å². The number of pyridine rings is 1. The quantitative estimate of drug-likeness (QED) is 0.917. The summed E-state index contributed by atoms with van der Waals surface area (Å²) in [6.45, 7) is -0.101. The summed E-state index contributed by atoms with van der Waals surface area (Å²) >= 11 is 1.79. The van der Waals surface area contributed by atoms with E-state index in [9.17, 15) is 9.59 Å². The Morgan fingerprint density at radius 1 is 1.43 bits per heavy atom. The molecule has 1 N–H and O–H groups in total. The molecule has 0 aliphatic carbocycles. The SMILES string of the molecule is O=C(Cn1nc2c(cc1=O)CSCC2)Nc1ccccn1. The molecule has 0 atom stereocenters. The molecule has 6 nitrogen and oxygen atoms in total. The lowest BCUT2D eigenvalue weighted by Crippen LogP contribution is -2.31. The number of carbonyl (C=O) groups is 1. The zero-order valence-electron chi connectivity index (χ0n) is 11.3. The Kier molecular flexibility index (Phi) is 4.01. The number of aryl methyl sites for hydroxylation is 1. The number of anilines is 1. The summed E-state index contributed by atoms with van der Waals surface area (Å²) in [5.41, 5.74) is 1.66. The summed E-state index contributed by atoms with van der Waals surface area (Å²) in [7, 11) is 0. The Morgan fingerprint density at radius 3 is 3.14 bits per heavy atom. The molecule has 0 unspecified atom stereocenters. The van der Waals surface area contributed by atoms with Crippen molar-refractivity contribution in [1.29, 1.82) is 0 Å². The molecule has 3 heterocycles. The van der Waals surface area contributed by atoms with Gasteiger partial charge in [0.1, 0.15) is 12.4 Å². The second-order valence-electron chi connectivity index (χ2n) is 4.68. The number of amides is 1. The first-order valence-corrected chi connectivity index (χ1v) is 7.76. The lowest BCUT2D eigenvalue weighted by molar-refractivity contribution is -0.117. The fourth-order valence-electron chi connectivity index (χ4n) is 2.12. The molecule has 2 aromatic rings. The van der Waals surface area contributed by atoms with Crippen molar-refractivity contribution >= 4 is 23.5 Å². The third-order valence-electron chi connectivity index (χ3n) is 3.13. The van der Waals surface area contributed by atoms with Gasteiger partial charge < -0.3 is 5.32 Å². The van der Waals surface area contributed by atoms with Crippen molar-refractivity contribution in [3.05, 3.63) is 52.1 Å². The minimum absolute atomic E-state index is 0.101. The minimum Gasteiger partial charge on any atom is -0.309 e. The lowest BCUT2D eigenvalue weighted by Gasteiger charge is -2.15. The molecule has 2 aromatic heterocycles. The van der Waals surface area contributed by atoms with Gasteiger partial charge in [-0.2, -0.15) is 16.9 Å². The topological polar surface area (TPSA) is 76.9 Å². The van der Waals surface area contributed by atoms with Crippen LogP contribution >= 0.6 is 11.8 Å². The summed E-state index contributed by atoms with van der Waals surface area (Å²) in [5, 5.41) is 6.95. The smallest absolute Gasteiger partial charge is 0.267 e. The summed E-state index contributed by atoms with van der Waals surface area (Å²) < 4.78 is 1.22. The van der Waals surface area contributed by atoms with Crippen molar-refractivity contribution in [2.45, 2.75) is 18.7 Å². The fourth-order valence-corrected chi connectivity index (χ4v) is 3.07. The van der Waals surface area contributed by atoms with Gasteiger partial charge in [-0.3, -0.25) is 9.59 Å². The molecule has 1 aliphatic heterocycles. The number of fused-ring (bicyclic) bond motifs is 1. The average molecular weight is 302 g/mol. The van der Waals surface area contributed by atoms with E-state index in [0.29, 0.717) is 5.82 Å². The van der Waals surface area contributed by atoms with Crippen molar-refractivity contribution in [3.8, 4) is 0 Å². The van der Waals surface area contributed by atoms with Gasteiger partial charge in [-0.25, -0.2) is 9.67 Å². The monoisotopic (exact) mass is 302 g/mol. The van der Waals surface area contributed by atoms with E-state index in [4.69, 9.17) is 0 Å². The highest BCUT2D eigenvalue weighted by atomic mass is 32.2. The Bertz CT molecular complexity index is 715. The predicted molar refractivity (Wildman–Crippen MR) is 81.2 cm³/mol. The van der Waals surface area contributed by atoms with Gasteiger partial charge >= 0.3 is 0 Å². The highest BCUT2D eigenvalue weighted by molar-refractivity contribution is 7.98. The normalized spacial score (nSPS) is 13.5. The number of carbonyl (C=O) groups excluding carboxylic acids is 1. The molecular formula is C14H14N4O2S. The fraction of sp³-hybridized carbons (Fsp3) is 0.286. The van der Waals surface area contributed by atoms with Crippen LogP contribution in [0.4, 0.5) is 5.82 Å². The minimum atomic E-state index is -0.312. The van der Waals surface area contributed by atoms with Gasteiger partial charge in [0.25, 0.3) is 5.56 Å². The second kappa shape index (κ2) is 6.09. The van der Waals surface area contributed by atoms with E-state index in [1.165, 1.54) is 4.68 Å². The van der Waals surface area contributed by atoms with Gasteiger partial charge in [0.15, 0.2) is 0 Å². The van der Waals surface area contributed by atoms with Crippen LogP contribution in [0.2, 0.25) is 0 Å². The third-order valence-corrected chi connectivity index (χ3v) is 4.14. The zero-order valence-corrected chi connectivity index (χ0v) is 12.1. The van der Waals surface area contributed by atoms with Gasteiger partial charge in [0.2, 0.25) is 5.91 Å². The lowest BCUT2D eigenvalue weighted by atomic mass is 10.2. The van der Waals surface area contributed by atoms with Crippen LogP contribution in [-0.2, 0) is 23.5 Å². The summed E-state index contributed by atoms with van der Waals surface area (Å²) in [5.74, 6) is 1.97. The number of rotatable bonds is 3. The number of thioether (sulfide) groups is 1. The molecule has 0 radical (unpaired) electrons. The molecule has 108 valence electrons. The number of hydrogen-bond donors (Lipinski definition) is 1. The number of nitrogens with zero attached hydrogens (tertiary/aromatic N) is 3. The number of hydrogen-bond acceptors (Lipinski definition) is 5. The van der Waals surface area contributed by atoms with E-state index in [1.54, 1.807) is 42.2 Å². The molecule has 1 amide bonds. The first kappa shape index (κ1) is 13.8. The Morgan fingerprint density at radius 2 is 2.33 bits per heavy atom. The van der Waals surface area contributed by atoms with E-state index in [2.05, 4.69) is 15.4 Å². The van der Waals surface area contributed by atoms with Crippen LogP contribution < -0.4 is 10.9 Å². The third kappa shape index (κ3) is 3.30. The van der Waals surface area contributed by atoms with Crippen LogP contribution in [0, 0.1) is 0 Å². The van der Waals surface area contributed by atoms with E-state index < -0.39 is 0 Å². The Labute approximate surface area is 125 Å². The van der Waals surface area contributed by atoms with Crippen molar-refractivity contribution in [1.82, 2.24) is 14.8 Å². The van der Waals surface area contributed by atoms with Crippen LogP contribution in [0.1, 0.15) is 11.3 Å². The van der Waals surface area contributed by atoms with Crippen molar-refractivity contribution in [3.63, 3.8) is 0 Å². The number of nitrogens with one attached hydrogen (secondary N) is 1. The van der Waals surface area contributed by atoms with Gasteiger partial charge in [0.05, 0.1) is 5.69 Å². The maximum atomic E-state index is 12.0. The highest BCUT2D eigenvalue weighted by Crippen LogP contribution is 2.21. The van der Waals surface area contributed by atoms with Gasteiger partial charge in [-0.1, -0.05) is 6.07 Å². The van der Waals surface area contributed by atoms with Crippen LogP contribution in [0.15, 0.2) is 35.3 Å². The molecular weight excluding hydrogens is 288 g/mol. The predicted octanol–water partition coefficient (Wildman–Crippen LogP) is 1.07. The maximum absolute atomic E-state index is 12.0. The van der Waals surface area contributed by atoms with E-state index >= 15 is 0 Å². The Hall–Kier alpha value is -2.15. The first-order chi connectivity index (χ1) is 10.2. The van der Waals surface area contributed by atoms with Crippen molar-refractivity contribution < 1.29 is 4.79 Å². The molecule has 0 saturated carbocycles. The molecule has 0 spiro atoms. The van der Waals surface area contributed by atoms with E-state index in [-0.39, 0.29) is 18.0 Å². The van der Waals surface area contributed by atoms with Gasteiger partial charge in [0, 0.05) is 24.4 Å². The molecule has 1 aliphatic rings. The van der Waals surface area contributed by atoms with Crippen molar-refractivity contribution in [2.75, 3.05) is 11.1 Å². The van der Waals surface area contributed by atoms with Crippen LogP contribution in [-0.4, -0.2) is 26.4 Å². The summed E-state index contributed by atoms with van der Waals surface area (Å²) in [4.78, 5) is 27.9. The molecule has 21 heavy (non-hydrogen) atoms. The maximum Gasteiger partial charge on any atom is 0.267 e. The zero-order chi connectivity index (χ0) is 14.7. The van der Waals surface area contributed by atoms with Gasteiger partial charge in [-0.05, 0) is 23.4 Å². The van der Waals surface area contributed by atoms with Crippen LogP contribution in [0.5, 0.6) is 0 Å². The molecule has 0 saturated heterocycles. The van der Waals surface area contributed by atoms with Crippen LogP contribution in [0.25, 0.3) is 0 Å². The average Bonchev–Trinajstić information content (AvgIpc) is 2.49. The van der Waals surface area contributed by atoms with E-state index in [1.807, 2.05) is 0 Å². The van der Waals surface area contributed by atoms with Crippen molar-refractivity contribution in [2.24, 2.45) is 0 Å².